The lowest BCUT2D eigenvalue weighted by Gasteiger charge is -2.46. The van der Waals surface area contributed by atoms with Crippen molar-refractivity contribution in [3.05, 3.63) is 81.5 Å². The molecule has 0 spiro atoms. The third kappa shape index (κ3) is 33.8. The summed E-state index contributed by atoms with van der Waals surface area (Å²) in [5.74, 6) is -10.6. The van der Waals surface area contributed by atoms with Gasteiger partial charge in [-0.15, -0.1) is 0 Å². The average molecular weight is 1810 g/mol. The van der Waals surface area contributed by atoms with Crippen LogP contribution in [-0.2, 0) is 70.0 Å². The van der Waals surface area contributed by atoms with Crippen LogP contribution in [0.4, 0.5) is 0 Å². The Morgan fingerprint density at radius 3 is 1.18 bits per heavy atom. The van der Waals surface area contributed by atoms with Crippen LogP contribution >= 0.6 is 0 Å². The molecule has 0 aromatic heterocycles. The molecule has 11 unspecified atom stereocenters. The Morgan fingerprint density at radius 2 is 0.758 bits per heavy atom. The number of hydrogen-bond acceptors (Lipinski definition) is 44. The van der Waals surface area contributed by atoms with E-state index in [9.17, 15) is 163 Å². The zero-order valence-electron chi connectivity index (χ0n) is 70.1. The highest BCUT2D eigenvalue weighted by atomic mass is 17.2. The van der Waals surface area contributed by atoms with Gasteiger partial charge in [-0.25, -0.2) is 9.78 Å². The molecule has 1 aromatic rings. The molecule has 4 rings (SSSR count). The normalized spacial score (nSPS) is 28.2. The van der Waals surface area contributed by atoms with Crippen molar-refractivity contribution in [2.45, 2.75) is 328 Å². The number of hydrogen-bond donors (Lipinski definition) is 32. The molecule has 32 N–H and O–H groups in total. The molecule has 3 saturated heterocycles. The molecular formula is C80H140O44. The fourth-order valence-electron chi connectivity index (χ4n) is 14.2. The first-order chi connectivity index (χ1) is 58.9. The third-order valence-corrected chi connectivity index (χ3v) is 21.9. The Labute approximate surface area is 717 Å². The fraction of sp³-hybridized carbons (Fsp3) is 0.825. The van der Waals surface area contributed by atoms with Crippen LogP contribution < -0.4 is 0 Å². The molecule has 3 heterocycles. The van der Waals surface area contributed by atoms with E-state index in [0.717, 1.165) is 58.3 Å². The van der Waals surface area contributed by atoms with Crippen molar-refractivity contribution in [2.75, 3.05) is 79.3 Å². The summed E-state index contributed by atoms with van der Waals surface area (Å²) in [5, 5.41) is 343. The molecular weight excluding hydrogens is 1660 g/mol. The van der Waals surface area contributed by atoms with E-state index in [1.165, 1.54) is 0 Å². The van der Waals surface area contributed by atoms with E-state index in [1.54, 1.807) is 24.3 Å². The summed E-state index contributed by atoms with van der Waals surface area (Å²) < 4.78 is 58.6. The Balaban J connectivity index is 1.97. The second-order valence-electron chi connectivity index (χ2n) is 31.8. The number of aliphatic hydroxyl groups excluding tert-OH is 32. The summed E-state index contributed by atoms with van der Waals surface area (Å²) in [6.45, 7) is -4.48. The first-order valence-electron chi connectivity index (χ1n) is 41.9. The Hall–Kier alpha value is -4.86. The predicted octanol–water partition coefficient (Wildman–Crippen LogP) is -3.46. The number of aliphatic hydroxyl groups is 32. The summed E-state index contributed by atoms with van der Waals surface area (Å²) in [7, 11) is 0. The summed E-state index contributed by atoms with van der Waals surface area (Å²) >= 11 is 0. The average Bonchev–Trinajstić information content (AvgIpc) is 0.783. The zero-order chi connectivity index (χ0) is 92.7. The van der Waals surface area contributed by atoms with Gasteiger partial charge < -0.3 is 211 Å². The fourth-order valence-corrected chi connectivity index (χ4v) is 14.2. The van der Waals surface area contributed by atoms with Gasteiger partial charge in [0.2, 0.25) is 25.2 Å². The van der Waals surface area contributed by atoms with E-state index in [2.05, 4.69) is 0 Å². The second kappa shape index (κ2) is 57.3. The van der Waals surface area contributed by atoms with Gasteiger partial charge in [0.1, 0.15) is 110 Å². The van der Waals surface area contributed by atoms with Crippen molar-refractivity contribution in [1.82, 2.24) is 0 Å². The Morgan fingerprint density at radius 1 is 0.379 bits per heavy atom. The molecule has 124 heavy (non-hydrogen) atoms. The highest BCUT2D eigenvalue weighted by Gasteiger charge is 2.53. The SMILES string of the molecule is CCCCCCCCCC(CO[C@@H]1OC(CO)[C@@H](O[C@H]2OC(CO)[C@@H](O)C(O)C2O)C(O)C1O)(CO[C@H](O)/C(O)=C(/O)[C@@H](CCO)O[C@H](O)/C(O)=C(/O)[C@H](O)CCO)Cc1ccc(C[C@@](CCCCCCCCC)(CO[C@@H]2OC(CO)[C@@H](O[C@H](O)/C(O)=C(\O)[C@H](O)CCO)[C@H](O)C2O)CO[C@H](O)/C(O)=C(/O)[C@@H](CCO)OOC(CO)[C@@H](O)C(O)[C@@H](C)O)cc1. The third-order valence-electron chi connectivity index (χ3n) is 21.9. The van der Waals surface area contributed by atoms with Gasteiger partial charge in [-0.1, -0.05) is 128 Å². The molecule has 44 nitrogen and oxygen atoms in total. The quantitative estimate of drug-likeness (QED) is 0.00991. The first kappa shape index (κ1) is 111. The largest absolute Gasteiger partial charge is 0.506 e. The lowest BCUT2D eigenvalue weighted by Crippen LogP contribution is -2.64. The van der Waals surface area contributed by atoms with Crippen molar-refractivity contribution in [2.24, 2.45) is 10.8 Å². The zero-order valence-corrected chi connectivity index (χ0v) is 70.1. The molecule has 3 fully saturated rings. The second-order valence-corrected chi connectivity index (χ2v) is 31.8. The monoisotopic (exact) mass is 1800 g/mol. The molecule has 0 amide bonds. The molecule has 0 radical (unpaired) electrons. The van der Waals surface area contributed by atoms with Crippen LogP contribution in [-0.4, -0.2) is 409 Å². The van der Waals surface area contributed by atoms with Crippen LogP contribution in [0.3, 0.4) is 0 Å². The summed E-state index contributed by atoms with van der Waals surface area (Å²) in [5.41, 5.74) is -2.28. The molecule has 44 heteroatoms. The highest BCUT2D eigenvalue weighted by Crippen LogP contribution is 2.40. The Kier molecular flexibility index (Phi) is 51.5. The van der Waals surface area contributed by atoms with E-state index in [1.807, 2.05) is 13.8 Å². The minimum atomic E-state index is -2.59. The van der Waals surface area contributed by atoms with Crippen molar-refractivity contribution >= 4 is 0 Å². The lowest BCUT2D eigenvalue weighted by atomic mass is 9.76. The molecule has 724 valence electrons. The molecule has 1 aromatic carbocycles. The number of benzene rings is 1. The van der Waals surface area contributed by atoms with Crippen molar-refractivity contribution in [3.63, 3.8) is 0 Å². The molecule has 29 atom stereocenters. The van der Waals surface area contributed by atoms with Gasteiger partial charge in [0.25, 0.3) is 0 Å². The van der Waals surface area contributed by atoms with E-state index in [-0.39, 0.29) is 25.7 Å². The summed E-state index contributed by atoms with van der Waals surface area (Å²) in [4.78, 5) is 10.3. The molecule has 0 saturated carbocycles. The van der Waals surface area contributed by atoms with Crippen molar-refractivity contribution < 1.29 is 221 Å². The molecule has 0 aliphatic carbocycles. The molecule has 3 aliphatic heterocycles. The van der Waals surface area contributed by atoms with Crippen LogP contribution in [0.15, 0.2) is 70.3 Å². The minimum Gasteiger partial charge on any atom is -0.506 e. The van der Waals surface area contributed by atoms with Crippen LogP contribution in [0, 0.1) is 10.8 Å². The Bertz CT molecular complexity index is 3190. The van der Waals surface area contributed by atoms with Gasteiger partial charge in [0, 0.05) is 62.9 Å². The standard InChI is InChI=1S/C80H140O44/c1-4-6-8-10-12-14-16-26-79(38-113-72(109)65(104)56(95)47(24-30-83)117-74(111)63(102)54(93)45(90)22-28-81,41-116-77-69(108)62(101)71(52(37-88)120-77)122-78-67(106)60(99)58(97)49(34-85)118-78)32-43-18-20-44(21-19-43)33-80(27-17-15-13-11-9-7-5-2,39-114-73(110)66(105)57(96)48(25-31-84)123-124-50(35-86)59(98)53(92)42(3)89)40-115-76-68(107)61(100)70(51(36-87)119-76)121-75(112)64(103)55(94)46(91)23-29-82/h18-21,42,45-53,58-62,67-78,81-112H,4-17,22-41H2,1-3H3/b63-54-,64-55+,65-56-,66-57-/t42-,45-,46-,47-,48-,49?,50?,51?,52?,53?,58-,59-,60?,61-,62?,67?,68?,69?,70-,71-,72+,73+,74+,75+,76-,77-,78-,79?,80-/m1/s1. The number of unbranched alkanes of at least 4 members (excludes halogenated alkanes) is 12. The topological polar surface area (TPSA) is 758 Å². The van der Waals surface area contributed by atoms with E-state index in [4.69, 9.17) is 57.1 Å². The van der Waals surface area contributed by atoms with Crippen LogP contribution in [0.2, 0.25) is 0 Å². The smallest absolute Gasteiger partial charge is 0.218 e. The van der Waals surface area contributed by atoms with Crippen molar-refractivity contribution in [1.29, 1.82) is 0 Å². The van der Waals surface area contributed by atoms with Crippen LogP contribution in [0.1, 0.15) is 160 Å². The van der Waals surface area contributed by atoms with Gasteiger partial charge in [-0.2, -0.15) is 0 Å². The van der Waals surface area contributed by atoms with Gasteiger partial charge >= 0.3 is 0 Å². The van der Waals surface area contributed by atoms with Gasteiger partial charge in [-0.05, 0) is 43.7 Å². The maximum Gasteiger partial charge on any atom is 0.218 e. The maximum absolute atomic E-state index is 11.9. The van der Waals surface area contributed by atoms with E-state index < -0.39 is 328 Å². The van der Waals surface area contributed by atoms with Gasteiger partial charge in [0.15, 0.2) is 71.0 Å². The number of rotatable bonds is 64. The van der Waals surface area contributed by atoms with Gasteiger partial charge in [-0.3, -0.25) is 0 Å². The molecule has 0 bridgehead atoms. The van der Waals surface area contributed by atoms with E-state index in [0.29, 0.717) is 49.7 Å². The summed E-state index contributed by atoms with van der Waals surface area (Å²) in [6, 6.07) is 6.45. The van der Waals surface area contributed by atoms with Crippen LogP contribution in [0.25, 0.3) is 0 Å². The summed E-state index contributed by atoms with van der Waals surface area (Å²) in [6.07, 6.45) is -46.5. The van der Waals surface area contributed by atoms with E-state index >= 15 is 0 Å². The first-order valence-corrected chi connectivity index (χ1v) is 41.9. The molecule has 3 aliphatic rings. The highest BCUT2D eigenvalue weighted by molar-refractivity contribution is 5.25. The minimum absolute atomic E-state index is 0.0474. The lowest BCUT2D eigenvalue weighted by molar-refractivity contribution is -0.370. The maximum atomic E-state index is 11.9. The van der Waals surface area contributed by atoms with Gasteiger partial charge in [0.05, 0.1) is 59.0 Å². The predicted molar refractivity (Wildman–Crippen MR) is 424 cm³/mol. The number of ether oxygens (including phenoxy) is 10. The van der Waals surface area contributed by atoms with Crippen LogP contribution in [0.5, 0.6) is 0 Å². The van der Waals surface area contributed by atoms with Crippen molar-refractivity contribution in [3.8, 4) is 0 Å².